The standard InChI is InChI=1S/C31H32O5/c1-3-4-5-9-12-28(29-21-22(2)30(32)36-29)34-26-19-15-25(16-20-26)31(33)35-27-17-13-24(14-18-27)23-10-7-6-8-11-23/h6-8,10-11,13-20,28-29H,2-5,9,12,21H2,1H3. The maximum atomic E-state index is 12.7. The lowest BCUT2D eigenvalue weighted by Crippen LogP contribution is -2.31. The fraction of sp³-hybridized carbons (Fsp3) is 0.290. The van der Waals surface area contributed by atoms with E-state index in [0.29, 0.717) is 29.1 Å². The molecule has 1 aliphatic heterocycles. The topological polar surface area (TPSA) is 61.8 Å². The molecule has 2 unspecified atom stereocenters. The molecule has 36 heavy (non-hydrogen) atoms. The number of esters is 2. The van der Waals surface area contributed by atoms with E-state index in [1.165, 1.54) is 0 Å². The van der Waals surface area contributed by atoms with Gasteiger partial charge in [0, 0.05) is 12.0 Å². The fourth-order valence-corrected chi connectivity index (χ4v) is 4.25. The van der Waals surface area contributed by atoms with Crippen LogP contribution in [-0.2, 0) is 9.53 Å². The molecule has 0 spiro atoms. The van der Waals surface area contributed by atoms with Gasteiger partial charge in [0.2, 0.25) is 0 Å². The van der Waals surface area contributed by atoms with E-state index in [4.69, 9.17) is 14.2 Å². The Balaban J connectivity index is 1.36. The van der Waals surface area contributed by atoms with Crippen molar-refractivity contribution in [2.75, 3.05) is 0 Å². The molecule has 186 valence electrons. The Morgan fingerprint density at radius 3 is 2.22 bits per heavy atom. The van der Waals surface area contributed by atoms with Crippen molar-refractivity contribution in [1.82, 2.24) is 0 Å². The number of hydrogen-bond donors (Lipinski definition) is 0. The molecule has 0 aliphatic carbocycles. The minimum atomic E-state index is -0.439. The van der Waals surface area contributed by atoms with Crippen LogP contribution in [0.4, 0.5) is 0 Å². The molecule has 3 aromatic carbocycles. The van der Waals surface area contributed by atoms with Crippen molar-refractivity contribution in [3.63, 3.8) is 0 Å². The molecule has 5 nitrogen and oxygen atoms in total. The summed E-state index contributed by atoms with van der Waals surface area (Å²) in [7, 11) is 0. The molecule has 0 amide bonds. The Morgan fingerprint density at radius 2 is 1.58 bits per heavy atom. The zero-order chi connectivity index (χ0) is 25.3. The van der Waals surface area contributed by atoms with Gasteiger partial charge < -0.3 is 14.2 Å². The second kappa shape index (κ2) is 12.2. The van der Waals surface area contributed by atoms with E-state index in [2.05, 4.69) is 13.5 Å². The van der Waals surface area contributed by atoms with Crippen LogP contribution >= 0.6 is 0 Å². The SMILES string of the molecule is C=C1CC(C(CCCCCC)Oc2ccc(C(=O)Oc3ccc(-c4ccccc4)cc3)cc2)OC1=O. The van der Waals surface area contributed by atoms with E-state index in [1.807, 2.05) is 42.5 Å². The summed E-state index contributed by atoms with van der Waals surface area (Å²) in [6, 6.07) is 24.3. The molecular weight excluding hydrogens is 452 g/mol. The van der Waals surface area contributed by atoms with Gasteiger partial charge in [-0.2, -0.15) is 0 Å². The molecule has 0 N–H and O–H groups in total. The number of unbranched alkanes of at least 4 members (excludes halogenated alkanes) is 3. The van der Waals surface area contributed by atoms with Gasteiger partial charge in [-0.3, -0.25) is 0 Å². The Bertz CT molecular complexity index is 1150. The Kier molecular flexibility index (Phi) is 8.56. The van der Waals surface area contributed by atoms with E-state index in [1.54, 1.807) is 36.4 Å². The van der Waals surface area contributed by atoms with Gasteiger partial charge in [0.15, 0.2) is 0 Å². The summed E-state index contributed by atoms with van der Waals surface area (Å²) in [5.41, 5.74) is 3.07. The average Bonchev–Trinajstić information content (AvgIpc) is 3.25. The maximum Gasteiger partial charge on any atom is 0.343 e. The van der Waals surface area contributed by atoms with E-state index >= 15 is 0 Å². The first kappa shape index (κ1) is 25.2. The van der Waals surface area contributed by atoms with Gasteiger partial charge in [-0.05, 0) is 60.4 Å². The lowest BCUT2D eigenvalue weighted by Gasteiger charge is -2.24. The molecule has 2 atom stereocenters. The predicted octanol–water partition coefficient (Wildman–Crippen LogP) is 7.16. The number of ether oxygens (including phenoxy) is 3. The van der Waals surface area contributed by atoms with Gasteiger partial charge in [0.25, 0.3) is 0 Å². The van der Waals surface area contributed by atoms with Crippen LogP contribution in [-0.4, -0.2) is 24.1 Å². The Morgan fingerprint density at radius 1 is 0.917 bits per heavy atom. The normalized spacial score (nSPS) is 15.9. The third-order valence-corrected chi connectivity index (χ3v) is 6.30. The fourth-order valence-electron chi connectivity index (χ4n) is 4.25. The summed E-state index contributed by atoms with van der Waals surface area (Å²) >= 11 is 0. The number of carbonyl (C=O) groups is 2. The molecular formula is C31H32O5. The highest BCUT2D eigenvalue weighted by Gasteiger charge is 2.35. The third-order valence-electron chi connectivity index (χ3n) is 6.30. The van der Waals surface area contributed by atoms with Crippen LogP contribution in [0.3, 0.4) is 0 Å². The zero-order valence-corrected chi connectivity index (χ0v) is 20.7. The number of carbonyl (C=O) groups excluding carboxylic acids is 2. The zero-order valence-electron chi connectivity index (χ0n) is 20.7. The van der Waals surface area contributed by atoms with Crippen molar-refractivity contribution in [3.05, 3.63) is 96.6 Å². The van der Waals surface area contributed by atoms with Gasteiger partial charge in [-0.25, -0.2) is 9.59 Å². The van der Waals surface area contributed by atoms with E-state index in [-0.39, 0.29) is 18.2 Å². The van der Waals surface area contributed by atoms with Crippen molar-refractivity contribution in [2.24, 2.45) is 0 Å². The van der Waals surface area contributed by atoms with Crippen molar-refractivity contribution in [3.8, 4) is 22.6 Å². The molecule has 5 heteroatoms. The predicted molar refractivity (Wildman–Crippen MR) is 140 cm³/mol. The summed E-state index contributed by atoms with van der Waals surface area (Å²) in [5.74, 6) is 0.312. The molecule has 1 heterocycles. The van der Waals surface area contributed by atoms with Gasteiger partial charge >= 0.3 is 11.9 Å². The van der Waals surface area contributed by atoms with Crippen LogP contribution in [0.15, 0.2) is 91.0 Å². The number of hydrogen-bond acceptors (Lipinski definition) is 5. The van der Waals surface area contributed by atoms with Gasteiger partial charge in [-0.15, -0.1) is 0 Å². The van der Waals surface area contributed by atoms with Gasteiger partial charge in [-0.1, -0.05) is 75.2 Å². The van der Waals surface area contributed by atoms with Gasteiger partial charge in [0.05, 0.1) is 5.56 Å². The summed E-state index contributed by atoms with van der Waals surface area (Å²) < 4.78 is 17.3. The summed E-state index contributed by atoms with van der Waals surface area (Å²) in [4.78, 5) is 24.5. The van der Waals surface area contributed by atoms with Crippen LogP contribution in [0.1, 0.15) is 55.8 Å². The van der Waals surface area contributed by atoms with Crippen LogP contribution in [0, 0.1) is 0 Å². The summed E-state index contributed by atoms with van der Waals surface area (Å²) in [6.45, 7) is 5.96. The minimum Gasteiger partial charge on any atom is -0.487 e. The smallest absolute Gasteiger partial charge is 0.343 e. The largest absolute Gasteiger partial charge is 0.487 e. The van der Waals surface area contributed by atoms with Crippen LogP contribution < -0.4 is 9.47 Å². The monoisotopic (exact) mass is 484 g/mol. The maximum absolute atomic E-state index is 12.7. The van der Waals surface area contributed by atoms with Crippen molar-refractivity contribution in [1.29, 1.82) is 0 Å². The molecule has 1 aliphatic rings. The molecule has 0 saturated carbocycles. The quantitative estimate of drug-likeness (QED) is 0.125. The van der Waals surface area contributed by atoms with E-state index in [0.717, 1.165) is 43.2 Å². The third kappa shape index (κ3) is 6.63. The number of cyclic esters (lactones) is 1. The summed E-state index contributed by atoms with van der Waals surface area (Å²) in [6.07, 6.45) is 5.08. The van der Waals surface area contributed by atoms with E-state index < -0.39 is 5.97 Å². The van der Waals surface area contributed by atoms with Crippen molar-refractivity contribution < 1.29 is 23.8 Å². The van der Waals surface area contributed by atoms with Crippen molar-refractivity contribution in [2.45, 2.75) is 57.7 Å². The first-order chi connectivity index (χ1) is 17.5. The second-order valence-electron chi connectivity index (χ2n) is 9.06. The second-order valence-corrected chi connectivity index (χ2v) is 9.06. The lowest BCUT2D eigenvalue weighted by molar-refractivity contribution is -0.142. The Hall–Kier alpha value is -3.86. The molecule has 0 aromatic heterocycles. The number of rotatable bonds is 11. The first-order valence-electron chi connectivity index (χ1n) is 12.6. The molecule has 4 rings (SSSR count). The molecule has 0 radical (unpaired) electrons. The molecule has 1 fully saturated rings. The highest BCUT2D eigenvalue weighted by Crippen LogP contribution is 2.28. The van der Waals surface area contributed by atoms with Crippen LogP contribution in [0.25, 0.3) is 11.1 Å². The molecule has 1 saturated heterocycles. The highest BCUT2D eigenvalue weighted by atomic mass is 16.6. The van der Waals surface area contributed by atoms with E-state index in [9.17, 15) is 9.59 Å². The highest BCUT2D eigenvalue weighted by molar-refractivity contribution is 5.91. The van der Waals surface area contributed by atoms with Gasteiger partial charge in [0.1, 0.15) is 23.7 Å². The minimum absolute atomic E-state index is 0.258. The van der Waals surface area contributed by atoms with Crippen molar-refractivity contribution >= 4 is 11.9 Å². The summed E-state index contributed by atoms with van der Waals surface area (Å²) in [5, 5.41) is 0. The van der Waals surface area contributed by atoms with Crippen LogP contribution in [0.5, 0.6) is 11.5 Å². The Labute approximate surface area is 212 Å². The molecule has 3 aromatic rings. The van der Waals surface area contributed by atoms with Crippen LogP contribution in [0.2, 0.25) is 0 Å². The first-order valence-corrected chi connectivity index (χ1v) is 12.6. The average molecular weight is 485 g/mol. The lowest BCUT2D eigenvalue weighted by atomic mass is 10.0. The number of benzene rings is 3. The molecule has 0 bridgehead atoms.